The van der Waals surface area contributed by atoms with E-state index < -0.39 is 0 Å². The maximum atomic E-state index is 11.9. The van der Waals surface area contributed by atoms with Gasteiger partial charge in [-0.25, -0.2) is 0 Å². The molecule has 2 aromatic rings. The molecular weight excluding hydrogens is 284 g/mol. The number of hydrogen-bond acceptors (Lipinski definition) is 2. The van der Waals surface area contributed by atoms with Crippen LogP contribution in [0.2, 0.25) is 0 Å². The van der Waals surface area contributed by atoms with Gasteiger partial charge in [0.2, 0.25) is 0 Å². The number of benzene rings is 2. The number of ether oxygens (including phenoxy) is 1. The largest absolute Gasteiger partial charge is 0.466 e. The SMILES string of the molecule is CCOC(=O)C1(CCCc2ccc(-c3ccccc3)cc2)CC1. The van der Waals surface area contributed by atoms with E-state index in [9.17, 15) is 4.79 Å². The number of hydrogen-bond donors (Lipinski definition) is 0. The molecule has 1 saturated carbocycles. The number of aryl methyl sites for hydroxylation is 1. The number of esters is 1. The molecule has 0 atom stereocenters. The topological polar surface area (TPSA) is 26.3 Å². The van der Waals surface area contributed by atoms with Gasteiger partial charge < -0.3 is 4.74 Å². The molecule has 0 heterocycles. The van der Waals surface area contributed by atoms with E-state index in [0.717, 1.165) is 32.1 Å². The van der Waals surface area contributed by atoms with Gasteiger partial charge in [0.05, 0.1) is 12.0 Å². The van der Waals surface area contributed by atoms with Gasteiger partial charge in [0.25, 0.3) is 0 Å². The van der Waals surface area contributed by atoms with Crippen molar-refractivity contribution in [1.29, 1.82) is 0 Å². The molecule has 0 N–H and O–H groups in total. The Morgan fingerprint density at radius 1 is 1.00 bits per heavy atom. The molecule has 120 valence electrons. The molecule has 0 bridgehead atoms. The lowest BCUT2D eigenvalue weighted by atomic mass is 9.96. The molecule has 0 radical (unpaired) electrons. The first-order valence-electron chi connectivity index (χ1n) is 8.55. The van der Waals surface area contributed by atoms with Gasteiger partial charge in [0.1, 0.15) is 0 Å². The maximum absolute atomic E-state index is 11.9. The molecular formula is C21H24O2. The Morgan fingerprint density at radius 3 is 2.26 bits per heavy atom. The summed E-state index contributed by atoms with van der Waals surface area (Å²) < 4.78 is 5.20. The highest BCUT2D eigenvalue weighted by Crippen LogP contribution is 2.50. The maximum Gasteiger partial charge on any atom is 0.312 e. The van der Waals surface area contributed by atoms with Crippen molar-refractivity contribution in [2.45, 2.75) is 39.0 Å². The lowest BCUT2D eigenvalue weighted by Crippen LogP contribution is -2.19. The molecule has 0 unspecified atom stereocenters. The molecule has 2 heteroatoms. The van der Waals surface area contributed by atoms with Gasteiger partial charge in [-0.2, -0.15) is 0 Å². The Balaban J connectivity index is 1.53. The second-order valence-electron chi connectivity index (χ2n) is 6.42. The van der Waals surface area contributed by atoms with Crippen LogP contribution in [0, 0.1) is 5.41 Å². The van der Waals surface area contributed by atoms with Crippen LogP contribution >= 0.6 is 0 Å². The highest BCUT2D eigenvalue weighted by molar-refractivity contribution is 5.79. The predicted molar refractivity (Wildman–Crippen MR) is 93.1 cm³/mol. The van der Waals surface area contributed by atoms with Crippen LogP contribution in [0.3, 0.4) is 0 Å². The first-order chi connectivity index (χ1) is 11.2. The van der Waals surface area contributed by atoms with E-state index in [1.807, 2.05) is 13.0 Å². The van der Waals surface area contributed by atoms with Gasteiger partial charge in [-0.05, 0) is 55.7 Å². The van der Waals surface area contributed by atoms with Gasteiger partial charge in [-0.15, -0.1) is 0 Å². The van der Waals surface area contributed by atoms with Crippen LogP contribution in [-0.4, -0.2) is 12.6 Å². The minimum Gasteiger partial charge on any atom is -0.466 e. The summed E-state index contributed by atoms with van der Waals surface area (Å²) in [5, 5.41) is 0. The molecule has 23 heavy (non-hydrogen) atoms. The average molecular weight is 308 g/mol. The second-order valence-corrected chi connectivity index (χ2v) is 6.42. The molecule has 0 aliphatic heterocycles. The molecule has 2 nitrogen and oxygen atoms in total. The predicted octanol–water partition coefficient (Wildman–Crippen LogP) is 5.02. The van der Waals surface area contributed by atoms with E-state index in [1.165, 1.54) is 16.7 Å². The van der Waals surface area contributed by atoms with Crippen molar-refractivity contribution in [2.24, 2.45) is 5.41 Å². The van der Waals surface area contributed by atoms with Gasteiger partial charge >= 0.3 is 5.97 Å². The van der Waals surface area contributed by atoms with Crippen molar-refractivity contribution in [3.05, 3.63) is 60.2 Å². The number of carbonyl (C=O) groups excluding carboxylic acids is 1. The van der Waals surface area contributed by atoms with E-state index >= 15 is 0 Å². The van der Waals surface area contributed by atoms with Crippen molar-refractivity contribution >= 4 is 5.97 Å². The Kier molecular flexibility index (Phi) is 4.80. The van der Waals surface area contributed by atoms with E-state index in [4.69, 9.17) is 4.74 Å². The first-order valence-corrected chi connectivity index (χ1v) is 8.55. The molecule has 0 aromatic heterocycles. The normalized spacial score (nSPS) is 15.2. The molecule has 3 rings (SSSR count). The summed E-state index contributed by atoms with van der Waals surface area (Å²) in [6.45, 7) is 2.36. The number of carbonyl (C=O) groups is 1. The van der Waals surface area contributed by atoms with Crippen molar-refractivity contribution in [3.63, 3.8) is 0 Å². The highest BCUT2D eigenvalue weighted by atomic mass is 16.5. The summed E-state index contributed by atoms with van der Waals surface area (Å²) in [7, 11) is 0. The van der Waals surface area contributed by atoms with E-state index in [-0.39, 0.29) is 11.4 Å². The smallest absolute Gasteiger partial charge is 0.312 e. The fourth-order valence-electron chi connectivity index (χ4n) is 3.12. The van der Waals surface area contributed by atoms with Gasteiger partial charge in [-0.1, -0.05) is 54.6 Å². The lowest BCUT2D eigenvalue weighted by molar-refractivity contribution is -0.150. The van der Waals surface area contributed by atoms with Crippen molar-refractivity contribution in [3.8, 4) is 11.1 Å². The summed E-state index contributed by atoms with van der Waals surface area (Å²) in [6, 6.07) is 19.2. The highest BCUT2D eigenvalue weighted by Gasteiger charge is 2.50. The third-order valence-corrected chi connectivity index (χ3v) is 4.74. The van der Waals surface area contributed by atoms with E-state index in [1.54, 1.807) is 0 Å². The average Bonchev–Trinajstić information content (AvgIpc) is 3.38. The number of rotatable bonds is 7. The Morgan fingerprint density at radius 2 is 1.65 bits per heavy atom. The molecule has 1 aliphatic carbocycles. The first kappa shape index (κ1) is 15.8. The summed E-state index contributed by atoms with van der Waals surface area (Å²) in [5.41, 5.74) is 3.68. The fourth-order valence-corrected chi connectivity index (χ4v) is 3.12. The summed E-state index contributed by atoms with van der Waals surface area (Å²) in [5.74, 6) is 0.0134. The third-order valence-electron chi connectivity index (χ3n) is 4.74. The van der Waals surface area contributed by atoms with Crippen molar-refractivity contribution in [1.82, 2.24) is 0 Å². The summed E-state index contributed by atoms with van der Waals surface area (Å²) >= 11 is 0. The van der Waals surface area contributed by atoms with Gasteiger partial charge in [-0.3, -0.25) is 4.79 Å². The molecule has 0 amide bonds. The monoisotopic (exact) mass is 308 g/mol. The zero-order chi connectivity index (χ0) is 16.1. The zero-order valence-corrected chi connectivity index (χ0v) is 13.8. The van der Waals surface area contributed by atoms with E-state index in [0.29, 0.717) is 6.61 Å². The van der Waals surface area contributed by atoms with Gasteiger partial charge in [0, 0.05) is 0 Å². The molecule has 1 aliphatic rings. The third kappa shape index (κ3) is 3.82. The summed E-state index contributed by atoms with van der Waals surface area (Å²) in [4.78, 5) is 11.9. The van der Waals surface area contributed by atoms with Crippen LogP contribution in [0.15, 0.2) is 54.6 Å². The van der Waals surface area contributed by atoms with E-state index in [2.05, 4.69) is 48.5 Å². The molecule has 2 aromatic carbocycles. The van der Waals surface area contributed by atoms with Crippen LogP contribution in [0.1, 0.15) is 38.2 Å². The van der Waals surface area contributed by atoms with Crippen molar-refractivity contribution < 1.29 is 9.53 Å². The minimum atomic E-state index is -0.153. The molecule has 0 spiro atoms. The van der Waals surface area contributed by atoms with Crippen LogP contribution < -0.4 is 0 Å². The Labute approximate surface area is 138 Å². The van der Waals surface area contributed by atoms with Gasteiger partial charge in [0.15, 0.2) is 0 Å². The van der Waals surface area contributed by atoms with Crippen LogP contribution in [0.4, 0.5) is 0 Å². The lowest BCUT2D eigenvalue weighted by Gasteiger charge is -2.13. The molecule has 0 saturated heterocycles. The van der Waals surface area contributed by atoms with Crippen LogP contribution in [-0.2, 0) is 16.0 Å². The standard InChI is InChI=1S/C21H24O2/c1-2-23-20(22)21(15-16-21)14-6-7-17-10-12-19(13-11-17)18-8-4-3-5-9-18/h3-5,8-13H,2,6-7,14-16H2,1H3. The fraction of sp³-hybridized carbons (Fsp3) is 0.381. The Hall–Kier alpha value is -2.09. The zero-order valence-electron chi connectivity index (χ0n) is 13.8. The minimum absolute atomic E-state index is 0.0134. The molecule has 1 fully saturated rings. The van der Waals surface area contributed by atoms with Crippen molar-refractivity contribution in [2.75, 3.05) is 6.61 Å². The second kappa shape index (κ2) is 6.99. The quantitative estimate of drug-likeness (QED) is 0.671. The Bertz CT molecular complexity index is 639. The van der Waals surface area contributed by atoms with Crippen LogP contribution in [0.25, 0.3) is 11.1 Å². The summed E-state index contributed by atoms with van der Waals surface area (Å²) in [6.07, 6.45) is 5.02. The van der Waals surface area contributed by atoms with Crippen LogP contribution in [0.5, 0.6) is 0 Å².